The third-order valence-electron chi connectivity index (χ3n) is 2.18. The second-order valence-electron chi connectivity index (χ2n) is 3.31. The van der Waals surface area contributed by atoms with Crippen LogP contribution in [0.4, 0.5) is 0 Å². The van der Waals surface area contributed by atoms with E-state index in [9.17, 15) is 9.59 Å². The first kappa shape index (κ1) is 13.7. The van der Waals surface area contributed by atoms with Crippen LogP contribution >= 0.6 is 43.2 Å². The number of alkyl halides is 2. The summed E-state index contributed by atoms with van der Waals surface area (Å²) < 4.78 is 4.67. The monoisotopic (exact) mass is 394 g/mol. The van der Waals surface area contributed by atoms with Crippen molar-refractivity contribution in [2.24, 2.45) is 0 Å². The molecule has 2 heterocycles. The summed E-state index contributed by atoms with van der Waals surface area (Å²) in [5, 5.41) is 2.29. The average molecular weight is 396 g/mol. The first-order valence-corrected chi connectivity index (χ1v) is 7.72. The molecule has 0 bridgehead atoms. The number of halogens is 2. The molecule has 2 aromatic rings. The molecule has 18 heavy (non-hydrogen) atoms. The molecule has 2 aromatic heterocycles. The van der Waals surface area contributed by atoms with Gasteiger partial charge in [-0.2, -0.15) is 0 Å². The molecule has 0 saturated carbocycles. The molecule has 0 amide bonds. The molecule has 5 nitrogen and oxygen atoms in total. The number of hydrogen-bond donors (Lipinski definition) is 1. The van der Waals surface area contributed by atoms with Crippen LogP contribution in [-0.2, 0) is 4.74 Å². The van der Waals surface area contributed by atoms with E-state index in [-0.39, 0.29) is 21.7 Å². The number of carbonyl (C=O) groups is 1. The Morgan fingerprint density at radius 1 is 1.61 bits per heavy atom. The molecule has 0 saturated heterocycles. The highest BCUT2D eigenvalue weighted by Crippen LogP contribution is 2.35. The number of rotatable bonds is 3. The van der Waals surface area contributed by atoms with Crippen LogP contribution in [0.15, 0.2) is 10.2 Å². The number of H-pyrrole nitrogens is 1. The lowest BCUT2D eigenvalue weighted by Crippen LogP contribution is -2.17. The first-order valence-electron chi connectivity index (χ1n) is 5.01. The number of hydrogen-bond acceptors (Lipinski definition) is 5. The van der Waals surface area contributed by atoms with E-state index in [1.54, 1.807) is 6.92 Å². The van der Waals surface area contributed by atoms with Crippen molar-refractivity contribution in [3.63, 3.8) is 0 Å². The Balaban J connectivity index is 2.59. The predicted molar refractivity (Wildman–Crippen MR) is 76.8 cm³/mol. The van der Waals surface area contributed by atoms with Gasteiger partial charge in [-0.05, 0) is 12.3 Å². The van der Waals surface area contributed by atoms with Gasteiger partial charge in [0.25, 0.3) is 5.56 Å². The summed E-state index contributed by atoms with van der Waals surface area (Å²) >= 11 is 7.99. The summed E-state index contributed by atoms with van der Waals surface area (Å²) in [5.74, 6) is -0.691. The van der Waals surface area contributed by atoms with Crippen molar-refractivity contribution in [3.05, 3.63) is 27.1 Å². The highest BCUT2D eigenvalue weighted by atomic mass is 79.9. The third-order valence-corrected chi connectivity index (χ3v) is 4.05. The lowest BCUT2D eigenvalue weighted by molar-refractivity contribution is 0.0512. The van der Waals surface area contributed by atoms with Crippen LogP contribution in [0.3, 0.4) is 0 Å². The third kappa shape index (κ3) is 2.50. The Hall–Kier alpha value is -0.730. The van der Waals surface area contributed by atoms with E-state index in [1.165, 1.54) is 11.3 Å². The Labute approximate surface area is 123 Å². The smallest absolute Gasteiger partial charge is 0.374 e. The topological polar surface area (TPSA) is 72.0 Å². The highest BCUT2D eigenvalue weighted by Gasteiger charge is 2.18. The molecule has 1 N–H and O–H groups in total. The summed E-state index contributed by atoms with van der Waals surface area (Å²) in [5.41, 5.74) is 0.447. The van der Waals surface area contributed by atoms with Gasteiger partial charge in [-0.3, -0.25) is 4.79 Å². The Bertz CT molecular complexity index is 650. The fourth-order valence-electron chi connectivity index (χ4n) is 1.43. The molecule has 8 heteroatoms. The van der Waals surface area contributed by atoms with Gasteiger partial charge in [-0.25, -0.2) is 9.78 Å². The number of nitrogens with one attached hydrogen (secondary N) is 1. The Morgan fingerprint density at radius 2 is 2.33 bits per heavy atom. The Morgan fingerprint density at radius 3 is 2.94 bits per heavy atom. The quantitative estimate of drug-likeness (QED) is 0.640. The zero-order valence-electron chi connectivity index (χ0n) is 9.20. The molecule has 2 rings (SSSR count). The molecule has 0 aromatic carbocycles. The van der Waals surface area contributed by atoms with E-state index >= 15 is 0 Å². The summed E-state index contributed by atoms with van der Waals surface area (Å²) in [6, 6.07) is 0. The maximum absolute atomic E-state index is 12.0. The lowest BCUT2D eigenvalue weighted by Gasteiger charge is -2.02. The summed E-state index contributed by atoms with van der Waals surface area (Å²) in [4.78, 5) is 30.5. The van der Waals surface area contributed by atoms with E-state index in [0.717, 1.165) is 5.56 Å². The van der Waals surface area contributed by atoms with Gasteiger partial charge in [0.05, 0.1) is 15.7 Å². The fraction of sp³-hybridized carbons (Fsp3) is 0.300. The maximum Gasteiger partial charge on any atom is 0.374 e. The van der Waals surface area contributed by atoms with Gasteiger partial charge in [0.1, 0.15) is 4.83 Å². The van der Waals surface area contributed by atoms with Crippen LogP contribution in [0.5, 0.6) is 0 Å². The number of fused-ring (bicyclic) bond motifs is 1. The zero-order valence-corrected chi connectivity index (χ0v) is 13.2. The number of aromatic nitrogens is 2. The van der Waals surface area contributed by atoms with Gasteiger partial charge in [0, 0.05) is 5.56 Å². The molecular formula is C10H8Br2N2O3S. The van der Waals surface area contributed by atoms with Crippen molar-refractivity contribution < 1.29 is 9.53 Å². The number of esters is 1. The number of carbonyl (C=O) groups excluding carboxylic acids is 1. The number of thiophene rings is 1. The molecule has 0 radical (unpaired) electrons. The van der Waals surface area contributed by atoms with E-state index in [4.69, 9.17) is 4.74 Å². The minimum atomic E-state index is -0.624. The minimum absolute atomic E-state index is 0.0663. The zero-order chi connectivity index (χ0) is 13.3. The predicted octanol–water partition coefficient (Wildman–Crippen LogP) is 2.95. The molecule has 0 fully saturated rings. The average Bonchev–Trinajstić information content (AvgIpc) is 2.73. The van der Waals surface area contributed by atoms with Crippen LogP contribution in [-0.4, -0.2) is 22.5 Å². The van der Waals surface area contributed by atoms with Crippen molar-refractivity contribution in [3.8, 4) is 0 Å². The molecule has 96 valence electrons. The van der Waals surface area contributed by atoms with Gasteiger partial charge >= 0.3 is 5.97 Å². The van der Waals surface area contributed by atoms with Crippen molar-refractivity contribution in [2.45, 2.75) is 10.7 Å². The van der Waals surface area contributed by atoms with Gasteiger partial charge in [-0.15, -0.1) is 11.3 Å². The summed E-state index contributed by atoms with van der Waals surface area (Å²) in [6.07, 6.45) is 0. The second-order valence-corrected chi connectivity index (χ2v) is 7.23. The van der Waals surface area contributed by atoms with E-state index < -0.39 is 5.97 Å². The highest BCUT2D eigenvalue weighted by molar-refractivity contribution is 9.24. The molecule has 0 unspecified atom stereocenters. The molecular weight excluding hydrogens is 388 g/mol. The van der Waals surface area contributed by atoms with Crippen molar-refractivity contribution in [1.82, 2.24) is 9.97 Å². The summed E-state index contributed by atoms with van der Waals surface area (Å²) in [6.45, 7) is 1.93. The van der Waals surface area contributed by atoms with Gasteiger partial charge in [-0.1, -0.05) is 31.9 Å². The van der Waals surface area contributed by atoms with Crippen molar-refractivity contribution in [1.29, 1.82) is 0 Å². The van der Waals surface area contributed by atoms with Gasteiger partial charge in [0.2, 0.25) is 5.82 Å². The number of nitrogens with zero attached hydrogens (tertiary/aromatic N) is 1. The van der Waals surface area contributed by atoms with Crippen LogP contribution in [0.2, 0.25) is 0 Å². The fourth-order valence-corrected chi connectivity index (χ4v) is 3.46. The maximum atomic E-state index is 12.0. The SMILES string of the molecule is CCOC(=O)c1nc2scc(C(Br)Br)c2c(=O)[nH]1. The molecule has 0 atom stereocenters. The summed E-state index contributed by atoms with van der Waals surface area (Å²) in [7, 11) is 0. The van der Waals surface area contributed by atoms with Crippen molar-refractivity contribution >= 4 is 59.4 Å². The standard InChI is InChI=1S/C10H8Br2N2O3S/c1-2-17-10(16)7-13-8(15)5-4(6(11)12)3-18-9(5)14-7/h3,6H,2H2,1H3,(H,13,14,15). The van der Waals surface area contributed by atoms with Crippen molar-refractivity contribution in [2.75, 3.05) is 6.61 Å². The molecule has 0 aliphatic carbocycles. The van der Waals surface area contributed by atoms with Crippen LogP contribution in [0.1, 0.15) is 26.8 Å². The Kier molecular flexibility index (Phi) is 4.18. The molecule has 0 spiro atoms. The van der Waals surface area contributed by atoms with Gasteiger partial charge in [0.15, 0.2) is 0 Å². The van der Waals surface area contributed by atoms with Crippen LogP contribution < -0.4 is 5.56 Å². The molecule has 0 aliphatic heterocycles. The van der Waals surface area contributed by atoms with Crippen LogP contribution in [0, 0.1) is 0 Å². The normalized spacial score (nSPS) is 11.1. The lowest BCUT2D eigenvalue weighted by atomic mass is 10.3. The second kappa shape index (κ2) is 5.50. The van der Waals surface area contributed by atoms with Crippen LogP contribution in [0.25, 0.3) is 10.2 Å². The van der Waals surface area contributed by atoms with Gasteiger partial charge < -0.3 is 9.72 Å². The van der Waals surface area contributed by atoms with E-state index in [2.05, 4.69) is 41.8 Å². The number of aromatic amines is 1. The minimum Gasteiger partial charge on any atom is -0.460 e. The number of ether oxygens (including phenoxy) is 1. The van der Waals surface area contributed by atoms with E-state index in [1.807, 2.05) is 5.38 Å². The molecule has 0 aliphatic rings. The first-order chi connectivity index (χ1) is 8.54. The largest absolute Gasteiger partial charge is 0.460 e. The van der Waals surface area contributed by atoms with E-state index in [0.29, 0.717) is 10.2 Å².